The van der Waals surface area contributed by atoms with E-state index in [4.69, 9.17) is 5.73 Å². The Morgan fingerprint density at radius 2 is 2.33 bits per heavy atom. The zero-order valence-corrected chi connectivity index (χ0v) is 3.85. The van der Waals surface area contributed by atoms with Crippen LogP contribution >= 0.6 is 0 Å². The number of rotatable bonds is 2. The van der Waals surface area contributed by atoms with Crippen molar-refractivity contribution >= 4 is 0 Å². The number of nitrogens with two attached hydrogens (primary N) is 2. The van der Waals surface area contributed by atoms with E-state index in [0.717, 1.165) is 0 Å². The normalized spacial score (nSPS) is 14.5. The van der Waals surface area contributed by atoms with Crippen LogP contribution in [0, 0.1) is 0 Å². The average molecular weight is 90.1 g/mol. The Balaban J connectivity index is 2.63. The molecule has 3 heteroatoms. The van der Waals surface area contributed by atoms with Gasteiger partial charge in [0.1, 0.15) is 0 Å². The molecule has 38 valence electrons. The maximum absolute atomic E-state index is 5.20. The molecule has 6 heavy (non-hydrogen) atoms. The van der Waals surface area contributed by atoms with Crippen LogP contribution in [-0.4, -0.2) is 12.6 Å². The van der Waals surface area contributed by atoms with Crippen LogP contribution in [0.15, 0.2) is 0 Å². The van der Waals surface area contributed by atoms with Gasteiger partial charge in [-0.25, -0.2) is 5.90 Å². The van der Waals surface area contributed by atoms with E-state index in [0.29, 0.717) is 6.61 Å². The Morgan fingerprint density at radius 1 is 1.83 bits per heavy atom. The minimum Gasteiger partial charge on any atom is -0.326 e. The fourth-order valence-corrected chi connectivity index (χ4v) is 0.152. The first-order valence-electron chi connectivity index (χ1n) is 1.84. The van der Waals surface area contributed by atoms with E-state index in [-0.39, 0.29) is 6.04 Å². The lowest BCUT2D eigenvalue weighted by molar-refractivity contribution is 0.128. The predicted octanol–water partition coefficient (Wildman–Crippen LogP) is -0.776. The molecule has 0 aliphatic rings. The van der Waals surface area contributed by atoms with Crippen molar-refractivity contribution < 1.29 is 4.84 Å². The first-order chi connectivity index (χ1) is 2.77. The SMILES string of the molecule is CC(N)CON. The molecule has 1 atom stereocenters. The maximum Gasteiger partial charge on any atom is 0.0827 e. The zero-order valence-electron chi connectivity index (χ0n) is 3.85. The summed E-state index contributed by atoms with van der Waals surface area (Å²) >= 11 is 0. The van der Waals surface area contributed by atoms with Crippen molar-refractivity contribution in [2.24, 2.45) is 11.6 Å². The van der Waals surface area contributed by atoms with Crippen LogP contribution in [0.4, 0.5) is 0 Å². The van der Waals surface area contributed by atoms with Crippen molar-refractivity contribution in [3.05, 3.63) is 0 Å². The van der Waals surface area contributed by atoms with Crippen molar-refractivity contribution in [2.45, 2.75) is 13.0 Å². The molecule has 0 saturated heterocycles. The van der Waals surface area contributed by atoms with Crippen LogP contribution in [0.3, 0.4) is 0 Å². The van der Waals surface area contributed by atoms with Gasteiger partial charge in [0.05, 0.1) is 6.61 Å². The van der Waals surface area contributed by atoms with Gasteiger partial charge in [-0.2, -0.15) is 0 Å². The summed E-state index contributed by atoms with van der Waals surface area (Å²) < 4.78 is 0. The highest BCUT2D eigenvalue weighted by atomic mass is 16.6. The van der Waals surface area contributed by atoms with Gasteiger partial charge in [0.15, 0.2) is 0 Å². The topological polar surface area (TPSA) is 61.3 Å². The molecule has 1 unspecified atom stereocenters. The molecule has 0 bridgehead atoms. The summed E-state index contributed by atoms with van der Waals surface area (Å²) in [4.78, 5) is 4.18. The van der Waals surface area contributed by atoms with Crippen molar-refractivity contribution in [1.82, 2.24) is 0 Å². The van der Waals surface area contributed by atoms with E-state index in [9.17, 15) is 0 Å². The van der Waals surface area contributed by atoms with Crippen LogP contribution < -0.4 is 11.6 Å². The minimum atomic E-state index is 0.0509. The molecule has 4 N–H and O–H groups in total. The van der Waals surface area contributed by atoms with Crippen LogP contribution in [-0.2, 0) is 4.84 Å². The summed E-state index contributed by atoms with van der Waals surface area (Å²) in [6, 6.07) is 0.0509. The molecular weight excluding hydrogens is 80.0 g/mol. The fraction of sp³-hybridized carbons (Fsp3) is 1.00. The van der Waals surface area contributed by atoms with Crippen LogP contribution in [0.1, 0.15) is 6.92 Å². The second kappa shape index (κ2) is 3.08. The Kier molecular flexibility index (Phi) is 3.02. The summed E-state index contributed by atoms with van der Waals surface area (Å²) in [7, 11) is 0. The van der Waals surface area contributed by atoms with Gasteiger partial charge in [0.25, 0.3) is 0 Å². The summed E-state index contributed by atoms with van der Waals surface area (Å²) in [6.45, 7) is 2.26. The van der Waals surface area contributed by atoms with Gasteiger partial charge in [-0.1, -0.05) is 0 Å². The molecule has 3 nitrogen and oxygen atoms in total. The summed E-state index contributed by atoms with van der Waals surface area (Å²) in [5, 5.41) is 0. The Labute approximate surface area is 37.2 Å². The maximum atomic E-state index is 5.20. The molecule has 0 aromatic heterocycles. The van der Waals surface area contributed by atoms with Crippen molar-refractivity contribution in [3.8, 4) is 0 Å². The van der Waals surface area contributed by atoms with E-state index in [1.165, 1.54) is 0 Å². The lowest BCUT2D eigenvalue weighted by Crippen LogP contribution is -2.23. The highest BCUT2D eigenvalue weighted by molar-refractivity contribution is 4.45. The van der Waals surface area contributed by atoms with Crippen LogP contribution in [0.2, 0.25) is 0 Å². The highest BCUT2D eigenvalue weighted by Crippen LogP contribution is 1.68. The molecule has 0 aromatic rings. The third kappa shape index (κ3) is 3.88. The van der Waals surface area contributed by atoms with Gasteiger partial charge in [-0.05, 0) is 6.92 Å². The molecule has 0 saturated carbocycles. The molecule has 0 fully saturated rings. The third-order valence-electron chi connectivity index (χ3n) is 0.359. The predicted molar refractivity (Wildman–Crippen MR) is 23.8 cm³/mol. The van der Waals surface area contributed by atoms with E-state index < -0.39 is 0 Å². The van der Waals surface area contributed by atoms with Gasteiger partial charge in [0, 0.05) is 6.04 Å². The molecule has 0 amide bonds. The molecule has 0 spiro atoms. The van der Waals surface area contributed by atoms with Gasteiger partial charge in [0.2, 0.25) is 0 Å². The van der Waals surface area contributed by atoms with Crippen molar-refractivity contribution in [2.75, 3.05) is 6.61 Å². The lowest BCUT2D eigenvalue weighted by atomic mass is 10.4. The minimum absolute atomic E-state index is 0.0509. The van der Waals surface area contributed by atoms with E-state index >= 15 is 0 Å². The third-order valence-corrected chi connectivity index (χ3v) is 0.359. The highest BCUT2D eigenvalue weighted by Gasteiger charge is 1.86. The molecule has 0 rings (SSSR count). The van der Waals surface area contributed by atoms with Crippen LogP contribution in [0.5, 0.6) is 0 Å². The summed E-state index contributed by atoms with van der Waals surface area (Å²) in [5.74, 6) is 4.65. The smallest absolute Gasteiger partial charge is 0.0827 e. The van der Waals surface area contributed by atoms with E-state index in [2.05, 4.69) is 10.7 Å². The lowest BCUT2D eigenvalue weighted by Gasteiger charge is -1.97. The van der Waals surface area contributed by atoms with Gasteiger partial charge < -0.3 is 10.6 Å². The van der Waals surface area contributed by atoms with Crippen LogP contribution in [0.25, 0.3) is 0 Å². The molecule has 0 radical (unpaired) electrons. The molecule has 0 heterocycles. The Morgan fingerprint density at radius 3 is 2.33 bits per heavy atom. The Hall–Kier alpha value is -0.120. The van der Waals surface area contributed by atoms with E-state index in [1.807, 2.05) is 6.92 Å². The molecular formula is C3H10N2O. The summed E-state index contributed by atoms with van der Waals surface area (Å²) in [5.41, 5.74) is 5.20. The number of hydrogen-bond donors (Lipinski definition) is 2. The monoisotopic (exact) mass is 90.1 g/mol. The molecule has 0 aliphatic carbocycles. The van der Waals surface area contributed by atoms with Gasteiger partial charge >= 0.3 is 0 Å². The van der Waals surface area contributed by atoms with Gasteiger partial charge in [-0.15, -0.1) is 0 Å². The largest absolute Gasteiger partial charge is 0.326 e. The second-order valence-electron chi connectivity index (χ2n) is 1.31. The van der Waals surface area contributed by atoms with Gasteiger partial charge in [-0.3, -0.25) is 0 Å². The first kappa shape index (κ1) is 5.88. The van der Waals surface area contributed by atoms with Crippen molar-refractivity contribution in [1.29, 1.82) is 0 Å². The number of hydrogen-bond acceptors (Lipinski definition) is 3. The Bertz CT molecular complexity index is 30.0. The summed E-state index contributed by atoms with van der Waals surface area (Å²) in [6.07, 6.45) is 0. The standard InChI is InChI=1S/C3H10N2O/c1-3(4)2-6-5/h3H,2,4-5H2,1H3. The quantitative estimate of drug-likeness (QED) is 0.437. The molecule has 0 aliphatic heterocycles. The average Bonchev–Trinajstić information content (AvgIpc) is 1.35. The zero-order chi connectivity index (χ0) is 4.99. The molecule has 0 aromatic carbocycles. The van der Waals surface area contributed by atoms with E-state index in [1.54, 1.807) is 0 Å². The fourth-order valence-electron chi connectivity index (χ4n) is 0.152. The van der Waals surface area contributed by atoms with Crippen molar-refractivity contribution in [3.63, 3.8) is 0 Å². The first-order valence-corrected chi connectivity index (χ1v) is 1.84. The second-order valence-corrected chi connectivity index (χ2v) is 1.31.